The molecule has 1 N–H and O–H groups in total. The summed E-state index contributed by atoms with van der Waals surface area (Å²) in [5.74, 6) is 0. The van der Waals surface area contributed by atoms with Gasteiger partial charge in [0.1, 0.15) is 0 Å². The highest BCUT2D eigenvalue weighted by Gasteiger charge is 2.19. The highest BCUT2D eigenvalue weighted by Crippen LogP contribution is 2.22. The van der Waals surface area contributed by atoms with E-state index < -0.39 is 0 Å². The second-order valence-electron chi connectivity index (χ2n) is 4.17. The van der Waals surface area contributed by atoms with E-state index in [1.54, 1.807) is 0 Å². The van der Waals surface area contributed by atoms with Crippen molar-refractivity contribution in [2.45, 2.75) is 25.8 Å². The average molecular weight is 346 g/mol. The molecule has 0 unspecified atom stereocenters. The third kappa shape index (κ3) is 3.68. The lowest BCUT2D eigenvalue weighted by atomic mass is 10.2. The molecule has 1 aliphatic rings. The molecule has 0 amide bonds. The van der Waals surface area contributed by atoms with Crippen LogP contribution in [0.15, 0.2) is 26.8 Å². The predicted octanol–water partition coefficient (Wildman–Crippen LogP) is 3.76. The van der Waals surface area contributed by atoms with E-state index in [4.69, 9.17) is 0 Å². The number of hydrogen-bond acceptors (Lipinski definition) is 2. The number of aromatic nitrogens is 1. The van der Waals surface area contributed by atoms with Crippen molar-refractivity contribution in [2.24, 2.45) is 0 Å². The van der Waals surface area contributed by atoms with Gasteiger partial charge < -0.3 is 5.32 Å². The molecule has 0 bridgehead atoms. The maximum absolute atomic E-state index is 4.36. The van der Waals surface area contributed by atoms with Gasteiger partial charge in [-0.25, -0.2) is 0 Å². The monoisotopic (exact) mass is 344 g/mol. The topological polar surface area (TPSA) is 24.9 Å². The molecule has 86 valence electrons. The zero-order valence-corrected chi connectivity index (χ0v) is 12.3. The van der Waals surface area contributed by atoms with Gasteiger partial charge in [-0.1, -0.05) is 5.57 Å². The summed E-state index contributed by atoms with van der Waals surface area (Å²) >= 11 is 6.91. The summed E-state index contributed by atoms with van der Waals surface area (Å²) in [6.07, 6.45) is 6.59. The number of nitrogens with zero attached hydrogens (tertiary/aromatic N) is 1. The molecule has 0 radical (unpaired) electrons. The van der Waals surface area contributed by atoms with Crippen molar-refractivity contribution >= 4 is 37.9 Å². The zero-order chi connectivity index (χ0) is 11.5. The SMILES string of the molecule is CC(=Cc1ncc(Br)cc1Br)CNC1CC1. The summed E-state index contributed by atoms with van der Waals surface area (Å²) in [7, 11) is 0. The Labute approximate surface area is 113 Å². The Bertz CT molecular complexity index is 411. The van der Waals surface area contributed by atoms with Gasteiger partial charge in [0, 0.05) is 27.7 Å². The van der Waals surface area contributed by atoms with Crippen molar-refractivity contribution in [2.75, 3.05) is 6.54 Å². The highest BCUT2D eigenvalue weighted by atomic mass is 79.9. The van der Waals surface area contributed by atoms with Crippen LogP contribution in [0.4, 0.5) is 0 Å². The van der Waals surface area contributed by atoms with E-state index in [0.717, 1.165) is 27.2 Å². The molecule has 1 heterocycles. The Morgan fingerprint density at radius 2 is 2.31 bits per heavy atom. The van der Waals surface area contributed by atoms with Gasteiger partial charge in [0.05, 0.1) is 5.69 Å². The molecule has 0 atom stereocenters. The standard InChI is InChI=1S/C12H14Br2N2/c1-8(6-15-10-2-3-10)4-12-11(14)5-9(13)7-16-12/h4-5,7,10,15H,2-3,6H2,1H3. The van der Waals surface area contributed by atoms with Crippen LogP contribution >= 0.6 is 31.9 Å². The molecule has 1 aromatic heterocycles. The average Bonchev–Trinajstić information content (AvgIpc) is 3.03. The van der Waals surface area contributed by atoms with Crippen molar-refractivity contribution in [3.8, 4) is 0 Å². The van der Waals surface area contributed by atoms with Gasteiger partial charge in [0.15, 0.2) is 0 Å². The third-order valence-electron chi connectivity index (χ3n) is 2.47. The predicted molar refractivity (Wildman–Crippen MR) is 74.3 cm³/mol. The first-order valence-corrected chi connectivity index (χ1v) is 6.95. The minimum Gasteiger partial charge on any atom is -0.310 e. The lowest BCUT2D eigenvalue weighted by Crippen LogP contribution is -2.18. The molecule has 0 aromatic carbocycles. The summed E-state index contributed by atoms with van der Waals surface area (Å²) in [6.45, 7) is 3.08. The molecule has 1 aromatic rings. The third-order valence-corrected chi connectivity index (χ3v) is 3.54. The summed E-state index contributed by atoms with van der Waals surface area (Å²) in [5.41, 5.74) is 2.29. The Kier molecular flexibility index (Phi) is 4.16. The Morgan fingerprint density at radius 1 is 1.56 bits per heavy atom. The fraction of sp³-hybridized carbons (Fsp3) is 0.417. The number of rotatable bonds is 4. The van der Waals surface area contributed by atoms with Crippen molar-refractivity contribution in [1.29, 1.82) is 0 Å². The minimum absolute atomic E-state index is 0.754. The van der Waals surface area contributed by atoms with Gasteiger partial charge >= 0.3 is 0 Å². The van der Waals surface area contributed by atoms with Crippen LogP contribution in [0, 0.1) is 0 Å². The van der Waals surface area contributed by atoms with Gasteiger partial charge in [0.25, 0.3) is 0 Å². The van der Waals surface area contributed by atoms with Crippen molar-refractivity contribution in [3.05, 3.63) is 32.5 Å². The van der Waals surface area contributed by atoms with E-state index in [1.165, 1.54) is 18.4 Å². The fourth-order valence-corrected chi connectivity index (χ4v) is 2.51. The van der Waals surface area contributed by atoms with Crippen LogP contribution in [0.3, 0.4) is 0 Å². The maximum Gasteiger partial charge on any atom is 0.0772 e. The summed E-state index contributed by atoms with van der Waals surface area (Å²) < 4.78 is 2.01. The largest absolute Gasteiger partial charge is 0.310 e. The molecule has 2 nitrogen and oxygen atoms in total. The first-order chi connectivity index (χ1) is 7.65. The Hall–Kier alpha value is -0.190. The number of halogens is 2. The van der Waals surface area contributed by atoms with Gasteiger partial charge in [-0.2, -0.15) is 0 Å². The minimum atomic E-state index is 0.754. The Morgan fingerprint density at radius 3 is 2.94 bits per heavy atom. The van der Waals surface area contributed by atoms with Crippen LogP contribution in [0.5, 0.6) is 0 Å². The van der Waals surface area contributed by atoms with Crippen LogP contribution in [0.25, 0.3) is 6.08 Å². The van der Waals surface area contributed by atoms with Crippen LogP contribution in [-0.4, -0.2) is 17.6 Å². The molecule has 1 saturated carbocycles. The van der Waals surface area contributed by atoms with Gasteiger partial charge in [0.2, 0.25) is 0 Å². The smallest absolute Gasteiger partial charge is 0.0772 e. The van der Waals surface area contributed by atoms with Crippen LogP contribution in [0.2, 0.25) is 0 Å². The normalized spacial score (nSPS) is 16.6. The fourth-order valence-electron chi connectivity index (χ4n) is 1.41. The molecule has 0 saturated heterocycles. The lowest BCUT2D eigenvalue weighted by Gasteiger charge is -2.04. The highest BCUT2D eigenvalue weighted by molar-refractivity contribution is 9.11. The number of nitrogens with one attached hydrogen (secondary N) is 1. The summed E-state index contributed by atoms with van der Waals surface area (Å²) in [6, 6.07) is 2.77. The van der Waals surface area contributed by atoms with E-state index in [9.17, 15) is 0 Å². The molecule has 16 heavy (non-hydrogen) atoms. The molecule has 2 rings (SSSR count). The Balaban J connectivity index is 2.01. The molecule has 1 aliphatic carbocycles. The van der Waals surface area contributed by atoms with Crippen molar-refractivity contribution in [1.82, 2.24) is 10.3 Å². The maximum atomic E-state index is 4.36. The van der Waals surface area contributed by atoms with E-state index >= 15 is 0 Å². The van der Waals surface area contributed by atoms with Crippen LogP contribution < -0.4 is 5.32 Å². The second kappa shape index (κ2) is 5.43. The first-order valence-electron chi connectivity index (χ1n) is 5.37. The molecule has 1 fully saturated rings. The molecule has 0 spiro atoms. The van der Waals surface area contributed by atoms with Gasteiger partial charge in [-0.3, -0.25) is 4.98 Å². The molecular weight excluding hydrogens is 332 g/mol. The van der Waals surface area contributed by atoms with E-state index in [2.05, 4.69) is 55.2 Å². The van der Waals surface area contributed by atoms with Crippen LogP contribution in [-0.2, 0) is 0 Å². The van der Waals surface area contributed by atoms with Gasteiger partial charge in [-0.05, 0) is 63.8 Å². The number of hydrogen-bond donors (Lipinski definition) is 1. The summed E-state index contributed by atoms with van der Waals surface area (Å²) in [5, 5.41) is 3.49. The van der Waals surface area contributed by atoms with E-state index in [1.807, 2.05) is 12.3 Å². The number of pyridine rings is 1. The quantitative estimate of drug-likeness (QED) is 0.898. The molecule has 0 aliphatic heterocycles. The van der Waals surface area contributed by atoms with E-state index in [-0.39, 0.29) is 0 Å². The second-order valence-corrected chi connectivity index (χ2v) is 5.94. The van der Waals surface area contributed by atoms with Crippen LogP contribution in [0.1, 0.15) is 25.5 Å². The van der Waals surface area contributed by atoms with Gasteiger partial charge in [-0.15, -0.1) is 0 Å². The molecule has 4 heteroatoms. The summed E-state index contributed by atoms with van der Waals surface area (Å²) in [4.78, 5) is 4.36. The zero-order valence-electron chi connectivity index (χ0n) is 9.13. The molecular formula is C12H14Br2N2. The van der Waals surface area contributed by atoms with Crippen molar-refractivity contribution in [3.63, 3.8) is 0 Å². The van der Waals surface area contributed by atoms with Crippen molar-refractivity contribution < 1.29 is 0 Å². The van der Waals surface area contributed by atoms with E-state index in [0.29, 0.717) is 0 Å². The lowest BCUT2D eigenvalue weighted by molar-refractivity contribution is 0.735. The first kappa shape index (κ1) is 12.3.